The monoisotopic (exact) mass is 312 g/mol. The van der Waals surface area contributed by atoms with E-state index in [0.717, 1.165) is 0 Å². The normalized spacial score (nSPS) is 27.3. The fraction of sp³-hybridized carbons (Fsp3) is 0.529. The summed E-state index contributed by atoms with van der Waals surface area (Å²) < 4.78 is 5.33. The minimum absolute atomic E-state index is 0.00713. The van der Waals surface area contributed by atoms with E-state index >= 15 is 0 Å². The van der Waals surface area contributed by atoms with Gasteiger partial charge in [0.2, 0.25) is 0 Å². The Kier molecular flexibility index (Phi) is 5.20. The first-order chi connectivity index (χ1) is 10.8. The van der Waals surface area contributed by atoms with Gasteiger partial charge in [0.1, 0.15) is 11.7 Å². The predicted octanol–water partition coefficient (Wildman–Crippen LogP) is 2.17. The van der Waals surface area contributed by atoms with E-state index in [2.05, 4.69) is 6.07 Å². The standard InChI is InChI=1S/C17H20N4O2/c1-11(2)23-6-5-12(3)17(10-20)15(21)14(7-22)13(4)16(17,8-18)9-19/h5-7,11-13H,21H2,1-4H3/b6-5+/t12-,13-,17+/m0/s1. The summed E-state index contributed by atoms with van der Waals surface area (Å²) in [6.45, 7) is 6.95. The summed E-state index contributed by atoms with van der Waals surface area (Å²) in [5.74, 6) is -1.35. The average molecular weight is 312 g/mol. The number of ether oxygens (including phenoxy) is 1. The molecule has 0 aliphatic heterocycles. The fourth-order valence-corrected chi connectivity index (χ4v) is 3.13. The summed E-state index contributed by atoms with van der Waals surface area (Å²) in [6, 6.07) is 5.97. The number of carbonyl (C=O) groups excluding carboxylic acids is 1. The summed E-state index contributed by atoms with van der Waals surface area (Å²) in [5.41, 5.74) is 2.87. The van der Waals surface area contributed by atoms with E-state index in [0.29, 0.717) is 6.29 Å². The van der Waals surface area contributed by atoms with Gasteiger partial charge < -0.3 is 10.5 Å². The first-order valence-electron chi connectivity index (χ1n) is 7.30. The summed E-state index contributed by atoms with van der Waals surface area (Å²) in [5, 5.41) is 29.2. The third-order valence-electron chi connectivity index (χ3n) is 4.53. The minimum atomic E-state index is -1.73. The van der Waals surface area contributed by atoms with Gasteiger partial charge in [0, 0.05) is 23.1 Å². The van der Waals surface area contributed by atoms with Crippen LogP contribution in [0.2, 0.25) is 0 Å². The molecule has 0 radical (unpaired) electrons. The molecule has 6 heteroatoms. The van der Waals surface area contributed by atoms with E-state index in [1.165, 1.54) is 6.26 Å². The SMILES string of the molecule is CC(C)O/C=C/[C@H](C)[C@]1(C#N)C(N)=C(C=O)[C@H](C)C1(C#N)C#N. The smallest absolute Gasteiger partial charge is 0.175 e. The van der Waals surface area contributed by atoms with Gasteiger partial charge in [-0.05, 0) is 19.9 Å². The summed E-state index contributed by atoms with van der Waals surface area (Å²) >= 11 is 0. The third kappa shape index (κ3) is 2.35. The van der Waals surface area contributed by atoms with Crippen LogP contribution in [0, 0.1) is 56.7 Å². The second-order valence-corrected chi connectivity index (χ2v) is 5.96. The topological polar surface area (TPSA) is 124 Å². The Morgan fingerprint density at radius 2 is 1.78 bits per heavy atom. The molecule has 0 heterocycles. The molecule has 0 amide bonds. The summed E-state index contributed by atoms with van der Waals surface area (Å²) in [6.07, 6.45) is 3.52. The molecule has 2 N–H and O–H groups in total. The van der Waals surface area contributed by atoms with Gasteiger partial charge in [-0.25, -0.2) is 0 Å². The van der Waals surface area contributed by atoms with E-state index < -0.39 is 22.7 Å². The highest BCUT2D eigenvalue weighted by molar-refractivity contribution is 5.79. The van der Waals surface area contributed by atoms with E-state index in [-0.39, 0.29) is 17.4 Å². The van der Waals surface area contributed by atoms with Crippen molar-refractivity contribution in [1.82, 2.24) is 0 Å². The van der Waals surface area contributed by atoms with Crippen molar-refractivity contribution in [3.8, 4) is 18.2 Å². The maximum Gasteiger partial charge on any atom is 0.175 e. The molecule has 0 aromatic heterocycles. The summed E-state index contributed by atoms with van der Waals surface area (Å²) in [7, 11) is 0. The zero-order valence-electron chi connectivity index (χ0n) is 13.7. The number of hydrogen-bond donors (Lipinski definition) is 1. The lowest BCUT2D eigenvalue weighted by molar-refractivity contribution is -0.105. The van der Waals surface area contributed by atoms with Gasteiger partial charge in [-0.3, -0.25) is 4.79 Å². The van der Waals surface area contributed by atoms with Crippen LogP contribution in [0.4, 0.5) is 0 Å². The number of nitriles is 3. The van der Waals surface area contributed by atoms with Crippen molar-refractivity contribution in [2.24, 2.45) is 28.4 Å². The van der Waals surface area contributed by atoms with Gasteiger partial charge in [0.15, 0.2) is 5.41 Å². The summed E-state index contributed by atoms with van der Waals surface area (Å²) in [4.78, 5) is 11.4. The van der Waals surface area contributed by atoms with Crippen molar-refractivity contribution in [3.05, 3.63) is 23.6 Å². The highest BCUT2D eigenvalue weighted by atomic mass is 16.5. The van der Waals surface area contributed by atoms with E-state index in [1.54, 1.807) is 19.9 Å². The molecule has 0 aromatic rings. The lowest BCUT2D eigenvalue weighted by atomic mass is 9.58. The third-order valence-corrected chi connectivity index (χ3v) is 4.53. The number of carbonyl (C=O) groups is 1. The second-order valence-electron chi connectivity index (χ2n) is 5.96. The van der Waals surface area contributed by atoms with Crippen LogP contribution in [0.1, 0.15) is 27.7 Å². The molecule has 0 unspecified atom stereocenters. The Hall–Kier alpha value is -2.78. The van der Waals surface area contributed by atoms with Crippen molar-refractivity contribution in [1.29, 1.82) is 15.8 Å². The molecule has 1 aliphatic rings. The largest absolute Gasteiger partial charge is 0.499 e. The van der Waals surface area contributed by atoms with Gasteiger partial charge in [-0.1, -0.05) is 13.8 Å². The van der Waals surface area contributed by atoms with Crippen molar-refractivity contribution < 1.29 is 9.53 Å². The van der Waals surface area contributed by atoms with E-state index in [1.807, 2.05) is 26.0 Å². The maximum atomic E-state index is 11.4. The molecule has 6 nitrogen and oxygen atoms in total. The molecular weight excluding hydrogens is 292 g/mol. The molecule has 0 spiro atoms. The molecule has 0 fully saturated rings. The number of nitrogens with two attached hydrogens (primary N) is 1. The van der Waals surface area contributed by atoms with Crippen molar-refractivity contribution in [3.63, 3.8) is 0 Å². The van der Waals surface area contributed by atoms with Crippen molar-refractivity contribution >= 4 is 6.29 Å². The Bertz CT molecular complexity index is 658. The van der Waals surface area contributed by atoms with Crippen LogP contribution in [0.15, 0.2) is 23.6 Å². The lowest BCUT2D eigenvalue weighted by Gasteiger charge is -2.37. The molecule has 1 rings (SSSR count). The van der Waals surface area contributed by atoms with Gasteiger partial charge in [-0.15, -0.1) is 0 Å². The Morgan fingerprint density at radius 3 is 2.17 bits per heavy atom. The number of hydrogen-bond acceptors (Lipinski definition) is 6. The Balaban J connectivity index is 3.57. The van der Waals surface area contributed by atoms with Gasteiger partial charge in [0.25, 0.3) is 0 Å². The first-order valence-corrected chi connectivity index (χ1v) is 7.30. The number of rotatable bonds is 5. The van der Waals surface area contributed by atoms with Crippen LogP contribution in [0.25, 0.3) is 0 Å². The molecule has 0 aromatic carbocycles. The highest BCUT2D eigenvalue weighted by Gasteiger charge is 2.66. The fourth-order valence-electron chi connectivity index (χ4n) is 3.13. The van der Waals surface area contributed by atoms with Crippen LogP contribution in [-0.4, -0.2) is 12.4 Å². The van der Waals surface area contributed by atoms with Gasteiger partial charge in [0.05, 0.1) is 30.6 Å². The quantitative estimate of drug-likeness (QED) is 0.612. The van der Waals surface area contributed by atoms with E-state index in [9.17, 15) is 20.6 Å². The predicted molar refractivity (Wildman–Crippen MR) is 82.7 cm³/mol. The first kappa shape index (κ1) is 18.3. The van der Waals surface area contributed by atoms with Crippen LogP contribution in [0.3, 0.4) is 0 Å². The number of allylic oxidation sites excluding steroid dienone is 3. The van der Waals surface area contributed by atoms with Crippen LogP contribution >= 0.6 is 0 Å². The van der Waals surface area contributed by atoms with Gasteiger partial charge in [-0.2, -0.15) is 15.8 Å². The molecule has 120 valence electrons. The number of aldehydes is 1. The molecule has 1 aliphatic carbocycles. The number of nitrogens with zero attached hydrogens (tertiary/aromatic N) is 3. The lowest BCUT2D eigenvalue weighted by Crippen LogP contribution is -2.46. The molecule has 23 heavy (non-hydrogen) atoms. The minimum Gasteiger partial charge on any atom is -0.499 e. The molecule has 0 saturated carbocycles. The second kappa shape index (κ2) is 6.55. The molecule has 0 saturated heterocycles. The van der Waals surface area contributed by atoms with Crippen molar-refractivity contribution in [2.75, 3.05) is 0 Å². The van der Waals surface area contributed by atoms with Crippen molar-refractivity contribution in [2.45, 2.75) is 33.8 Å². The Labute approximate surface area is 136 Å². The van der Waals surface area contributed by atoms with E-state index in [4.69, 9.17) is 10.5 Å². The maximum absolute atomic E-state index is 11.4. The average Bonchev–Trinajstić information content (AvgIpc) is 2.70. The van der Waals surface area contributed by atoms with Crippen LogP contribution < -0.4 is 5.73 Å². The zero-order valence-corrected chi connectivity index (χ0v) is 13.7. The highest BCUT2D eigenvalue weighted by Crippen LogP contribution is 2.60. The van der Waals surface area contributed by atoms with Crippen LogP contribution in [0.5, 0.6) is 0 Å². The molecule has 0 bridgehead atoms. The Morgan fingerprint density at radius 1 is 1.22 bits per heavy atom. The van der Waals surface area contributed by atoms with Gasteiger partial charge >= 0.3 is 0 Å². The molecule has 3 atom stereocenters. The zero-order chi connectivity index (χ0) is 17.8. The molecular formula is C17H20N4O2. The van der Waals surface area contributed by atoms with Crippen LogP contribution in [-0.2, 0) is 9.53 Å².